The maximum Gasteiger partial charge on any atom is 0.243 e. The third-order valence-electron chi connectivity index (χ3n) is 3.64. The van der Waals surface area contributed by atoms with Crippen molar-refractivity contribution in [2.45, 2.75) is 19.3 Å². The van der Waals surface area contributed by atoms with Crippen LogP contribution in [0.2, 0.25) is 0 Å². The summed E-state index contributed by atoms with van der Waals surface area (Å²) in [5.41, 5.74) is -0.587. The number of likely N-dealkylation sites (tertiary alicyclic amines) is 1. The lowest BCUT2D eigenvalue weighted by molar-refractivity contribution is -0.134. The van der Waals surface area contributed by atoms with Crippen LogP contribution in [0.4, 0.5) is 0 Å². The molecule has 3 fully saturated rings. The molecule has 0 aromatic heterocycles. The van der Waals surface area contributed by atoms with Gasteiger partial charge in [0.15, 0.2) is 0 Å². The van der Waals surface area contributed by atoms with Gasteiger partial charge in [-0.2, -0.15) is 5.26 Å². The minimum absolute atomic E-state index is 0.113. The molecule has 2 unspecified atom stereocenters. The highest BCUT2D eigenvalue weighted by Gasteiger charge is 2.56. The van der Waals surface area contributed by atoms with Crippen molar-refractivity contribution in [3.8, 4) is 6.07 Å². The van der Waals surface area contributed by atoms with Crippen molar-refractivity contribution in [3.63, 3.8) is 0 Å². The van der Waals surface area contributed by atoms with Crippen molar-refractivity contribution in [1.29, 1.82) is 5.26 Å². The fourth-order valence-electron chi connectivity index (χ4n) is 2.37. The molecule has 0 N–H and O–H groups in total. The first-order chi connectivity index (χ1) is 6.25. The molecular weight excluding hydrogens is 164 g/mol. The topological polar surface area (TPSA) is 44.1 Å². The highest BCUT2D eigenvalue weighted by atomic mass is 16.2. The SMILES string of the molecule is N#CC1(C(=O)N2CC3CC3C2)CC1. The number of fused-ring (bicyclic) bond motifs is 1. The van der Waals surface area contributed by atoms with Crippen LogP contribution in [0.15, 0.2) is 0 Å². The molecule has 0 bridgehead atoms. The minimum Gasteiger partial charge on any atom is -0.341 e. The molecule has 0 spiro atoms. The van der Waals surface area contributed by atoms with Gasteiger partial charge in [0, 0.05) is 13.1 Å². The van der Waals surface area contributed by atoms with Crippen molar-refractivity contribution in [2.24, 2.45) is 17.3 Å². The summed E-state index contributed by atoms with van der Waals surface area (Å²) in [6.07, 6.45) is 2.88. The molecule has 2 aliphatic carbocycles. The van der Waals surface area contributed by atoms with E-state index < -0.39 is 5.41 Å². The summed E-state index contributed by atoms with van der Waals surface area (Å²) in [4.78, 5) is 13.7. The summed E-state index contributed by atoms with van der Waals surface area (Å²) in [5, 5.41) is 8.87. The van der Waals surface area contributed by atoms with Crippen LogP contribution in [0.1, 0.15) is 19.3 Å². The van der Waals surface area contributed by atoms with Gasteiger partial charge in [-0.1, -0.05) is 0 Å². The molecule has 3 rings (SSSR count). The lowest BCUT2D eigenvalue weighted by Crippen LogP contribution is -2.36. The Bertz CT molecular complexity index is 303. The number of amides is 1. The Kier molecular flexibility index (Phi) is 1.17. The van der Waals surface area contributed by atoms with Gasteiger partial charge < -0.3 is 4.90 Å². The van der Waals surface area contributed by atoms with E-state index in [0.717, 1.165) is 37.8 Å². The number of hydrogen-bond acceptors (Lipinski definition) is 2. The van der Waals surface area contributed by atoms with E-state index in [0.29, 0.717) is 0 Å². The van der Waals surface area contributed by atoms with Crippen molar-refractivity contribution in [1.82, 2.24) is 4.90 Å². The maximum atomic E-state index is 11.8. The molecule has 1 amide bonds. The molecule has 13 heavy (non-hydrogen) atoms. The lowest BCUT2D eigenvalue weighted by atomic mass is 10.1. The Hall–Kier alpha value is -1.04. The molecule has 2 saturated carbocycles. The van der Waals surface area contributed by atoms with Gasteiger partial charge >= 0.3 is 0 Å². The van der Waals surface area contributed by atoms with E-state index in [4.69, 9.17) is 5.26 Å². The zero-order chi connectivity index (χ0) is 9.05. The zero-order valence-electron chi connectivity index (χ0n) is 7.49. The number of carbonyl (C=O) groups is 1. The summed E-state index contributed by atoms with van der Waals surface area (Å²) in [6, 6.07) is 2.17. The molecule has 1 saturated heterocycles. The van der Waals surface area contributed by atoms with Crippen molar-refractivity contribution < 1.29 is 4.79 Å². The fraction of sp³-hybridized carbons (Fsp3) is 0.800. The highest BCUT2D eigenvalue weighted by molar-refractivity contribution is 5.88. The Morgan fingerprint density at radius 2 is 2.00 bits per heavy atom. The number of nitrogens with zero attached hydrogens (tertiary/aromatic N) is 2. The summed E-state index contributed by atoms with van der Waals surface area (Å²) >= 11 is 0. The zero-order valence-corrected chi connectivity index (χ0v) is 7.49. The Morgan fingerprint density at radius 3 is 2.46 bits per heavy atom. The van der Waals surface area contributed by atoms with Gasteiger partial charge in [-0.15, -0.1) is 0 Å². The molecular formula is C10H12N2O. The van der Waals surface area contributed by atoms with E-state index in [1.807, 2.05) is 4.90 Å². The quantitative estimate of drug-likeness (QED) is 0.592. The van der Waals surface area contributed by atoms with Crippen molar-refractivity contribution in [2.75, 3.05) is 13.1 Å². The molecule has 3 heteroatoms. The second-order valence-corrected chi connectivity index (χ2v) is 4.66. The van der Waals surface area contributed by atoms with Crippen LogP contribution in [0.3, 0.4) is 0 Å². The number of nitriles is 1. The predicted octanol–water partition coefficient (Wildman–Crippen LogP) is 0.768. The molecule has 3 aliphatic rings. The van der Waals surface area contributed by atoms with E-state index in [9.17, 15) is 4.79 Å². The van der Waals surface area contributed by atoms with Gasteiger partial charge in [0.2, 0.25) is 5.91 Å². The standard InChI is InChI=1S/C10H12N2O/c11-6-10(1-2-10)9(13)12-4-7-3-8(7)5-12/h7-8H,1-5H2. The maximum absolute atomic E-state index is 11.8. The Labute approximate surface area is 77.3 Å². The van der Waals surface area contributed by atoms with Crippen LogP contribution >= 0.6 is 0 Å². The first-order valence-corrected chi connectivity index (χ1v) is 4.96. The average Bonchev–Trinajstić information content (AvgIpc) is 3.05. The molecule has 3 nitrogen and oxygen atoms in total. The van der Waals surface area contributed by atoms with E-state index in [2.05, 4.69) is 6.07 Å². The summed E-state index contributed by atoms with van der Waals surface area (Å²) in [5.74, 6) is 1.67. The van der Waals surface area contributed by atoms with Crippen LogP contribution < -0.4 is 0 Å². The van der Waals surface area contributed by atoms with Gasteiger partial charge in [-0.25, -0.2) is 0 Å². The lowest BCUT2D eigenvalue weighted by Gasteiger charge is -2.20. The Balaban J connectivity index is 1.73. The largest absolute Gasteiger partial charge is 0.341 e. The van der Waals surface area contributed by atoms with Crippen molar-refractivity contribution in [3.05, 3.63) is 0 Å². The molecule has 0 aromatic carbocycles. The number of hydrogen-bond donors (Lipinski definition) is 0. The number of piperidine rings is 1. The molecule has 68 valence electrons. The third kappa shape index (κ3) is 0.918. The van der Waals surface area contributed by atoms with E-state index >= 15 is 0 Å². The second kappa shape index (κ2) is 2.06. The first kappa shape index (κ1) is 7.37. The van der Waals surface area contributed by atoms with E-state index in [1.165, 1.54) is 6.42 Å². The number of carbonyl (C=O) groups excluding carboxylic acids is 1. The van der Waals surface area contributed by atoms with Crippen LogP contribution in [-0.2, 0) is 4.79 Å². The molecule has 0 aromatic rings. The average molecular weight is 176 g/mol. The first-order valence-electron chi connectivity index (χ1n) is 4.96. The summed E-state index contributed by atoms with van der Waals surface area (Å²) in [7, 11) is 0. The summed E-state index contributed by atoms with van der Waals surface area (Å²) < 4.78 is 0. The van der Waals surface area contributed by atoms with E-state index in [-0.39, 0.29) is 5.91 Å². The minimum atomic E-state index is -0.587. The van der Waals surface area contributed by atoms with Gasteiger partial charge in [0.25, 0.3) is 0 Å². The Morgan fingerprint density at radius 1 is 1.38 bits per heavy atom. The van der Waals surface area contributed by atoms with Crippen LogP contribution in [0.25, 0.3) is 0 Å². The van der Waals surface area contributed by atoms with Gasteiger partial charge in [-0.3, -0.25) is 4.79 Å². The molecule has 1 heterocycles. The normalized spacial score (nSPS) is 37.9. The smallest absolute Gasteiger partial charge is 0.243 e. The number of rotatable bonds is 1. The van der Waals surface area contributed by atoms with Crippen molar-refractivity contribution >= 4 is 5.91 Å². The molecule has 0 radical (unpaired) electrons. The van der Waals surface area contributed by atoms with Gasteiger partial charge in [0.05, 0.1) is 6.07 Å². The fourth-order valence-corrected chi connectivity index (χ4v) is 2.37. The highest BCUT2D eigenvalue weighted by Crippen LogP contribution is 2.51. The molecule has 1 aliphatic heterocycles. The van der Waals surface area contributed by atoms with Crippen LogP contribution in [-0.4, -0.2) is 23.9 Å². The van der Waals surface area contributed by atoms with Gasteiger partial charge in [0.1, 0.15) is 5.41 Å². The molecule has 2 atom stereocenters. The van der Waals surface area contributed by atoms with Gasteiger partial charge in [-0.05, 0) is 31.1 Å². The second-order valence-electron chi connectivity index (χ2n) is 4.66. The van der Waals surface area contributed by atoms with Crippen LogP contribution in [0, 0.1) is 28.6 Å². The predicted molar refractivity (Wildman–Crippen MR) is 45.5 cm³/mol. The van der Waals surface area contributed by atoms with E-state index in [1.54, 1.807) is 0 Å². The summed E-state index contributed by atoms with van der Waals surface area (Å²) in [6.45, 7) is 1.85. The van der Waals surface area contributed by atoms with Crippen LogP contribution in [0.5, 0.6) is 0 Å². The third-order valence-corrected chi connectivity index (χ3v) is 3.64. The monoisotopic (exact) mass is 176 g/mol.